The summed E-state index contributed by atoms with van der Waals surface area (Å²) in [6.45, 7) is 1.93. The van der Waals surface area contributed by atoms with Crippen molar-refractivity contribution in [2.24, 2.45) is 11.7 Å². The van der Waals surface area contributed by atoms with E-state index in [-0.39, 0.29) is 5.91 Å². The lowest BCUT2D eigenvalue weighted by atomic mass is 9.98. The molecule has 7 heteroatoms. The van der Waals surface area contributed by atoms with Gasteiger partial charge in [-0.05, 0) is 30.9 Å². The molecule has 1 aromatic rings. The van der Waals surface area contributed by atoms with Gasteiger partial charge in [0.2, 0.25) is 15.9 Å². The van der Waals surface area contributed by atoms with Gasteiger partial charge in [0, 0.05) is 32.6 Å². The van der Waals surface area contributed by atoms with Crippen molar-refractivity contribution in [2.45, 2.75) is 24.2 Å². The van der Waals surface area contributed by atoms with Gasteiger partial charge in [0.25, 0.3) is 0 Å². The van der Waals surface area contributed by atoms with Crippen molar-refractivity contribution in [3.05, 3.63) is 30.3 Å². The van der Waals surface area contributed by atoms with E-state index in [1.165, 1.54) is 4.31 Å². The van der Waals surface area contributed by atoms with E-state index >= 15 is 0 Å². The zero-order valence-corrected chi connectivity index (χ0v) is 13.4. The molecule has 0 bridgehead atoms. The Morgan fingerprint density at radius 3 is 2.45 bits per heavy atom. The lowest BCUT2D eigenvalue weighted by Gasteiger charge is -2.31. The van der Waals surface area contributed by atoms with E-state index in [4.69, 9.17) is 5.73 Å². The van der Waals surface area contributed by atoms with Crippen molar-refractivity contribution in [1.29, 1.82) is 0 Å². The number of sulfonamides is 1. The number of hydrogen-bond donors (Lipinski definition) is 2. The number of amides is 1. The Balaban J connectivity index is 1.86. The van der Waals surface area contributed by atoms with Gasteiger partial charge in [0.15, 0.2) is 0 Å². The Hall–Kier alpha value is -1.44. The molecule has 1 aliphatic heterocycles. The van der Waals surface area contributed by atoms with Crippen molar-refractivity contribution in [1.82, 2.24) is 9.62 Å². The molecule has 2 rings (SSSR count). The van der Waals surface area contributed by atoms with E-state index in [9.17, 15) is 13.2 Å². The first-order chi connectivity index (χ1) is 10.5. The molecule has 0 unspecified atom stereocenters. The van der Waals surface area contributed by atoms with Crippen LogP contribution in [0.3, 0.4) is 0 Å². The summed E-state index contributed by atoms with van der Waals surface area (Å²) in [5.74, 6) is 0.283. The zero-order valence-electron chi connectivity index (χ0n) is 12.6. The minimum Gasteiger partial charge on any atom is -0.356 e. The van der Waals surface area contributed by atoms with Crippen LogP contribution in [-0.2, 0) is 14.8 Å². The number of benzene rings is 1. The first-order valence-corrected chi connectivity index (χ1v) is 9.00. The van der Waals surface area contributed by atoms with Gasteiger partial charge in [-0.1, -0.05) is 18.2 Å². The normalized spacial score (nSPS) is 17.3. The standard InChI is InChI=1S/C15H23N3O3S/c16-9-6-15(19)17-12-13-7-10-18(11-8-13)22(20,21)14-4-2-1-3-5-14/h1-5,13H,6-12,16H2,(H,17,19). The quantitative estimate of drug-likeness (QED) is 0.799. The highest BCUT2D eigenvalue weighted by Crippen LogP contribution is 2.23. The molecule has 0 aliphatic carbocycles. The van der Waals surface area contributed by atoms with Crippen LogP contribution < -0.4 is 11.1 Å². The van der Waals surface area contributed by atoms with E-state index in [0.29, 0.717) is 43.4 Å². The van der Waals surface area contributed by atoms with E-state index in [1.807, 2.05) is 0 Å². The fourth-order valence-electron chi connectivity index (χ4n) is 2.57. The van der Waals surface area contributed by atoms with Crippen LogP contribution in [-0.4, -0.2) is 44.8 Å². The van der Waals surface area contributed by atoms with Gasteiger partial charge < -0.3 is 11.1 Å². The molecular formula is C15H23N3O3S. The average Bonchev–Trinajstić information content (AvgIpc) is 2.54. The van der Waals surface area contributed by atoms with Crippen LogP contribution in [0.15, 0.2) is 35.2 Å². The lowest BCUT2D eigenvalue weighted by molar-refractivity contribution is -0.121. The molecule has 1 heterocycles. The first-order valence-electron chi connectivity index (χ1n) is 7.56. The number of carbonyl (C=O) groups excluding carboxylic acids is 1. The van der Waals surface area contributed by atoms with E-state index in [1.54, 1.807) is 30.3 Å². The Kier molecular flexibility index (Phi) is 5.93. The van der Waals surface area contributed by atoms with Crippen LogP contribution in [0.1, 0.15) is 19.3 Å². The number of nitrogens with two attached hydrogens (primary N) is 1. The Morgan fingerprint density at radius 1 is 1.23 bits per heavy atom. The van der Waals surface area contributed by atoms with E-state index < -0.39 is 10.0 Å². The topological polar surface area (TPSA) is 92.5 Å². The van der Waals surface area contributed by atoms with Crippen molar-refractivity contribution >= 4 is 15.9 Å². The van der Waals surface area contributed by atoms with Crippen LogP contribution in [0.2, 0.25) is 0 Å². The SMILES string of the molecule is NCCC(=O)NCC1CCN(S(=O)(=O)c2ccccc2)CC1. The molecule has 1 aliphatic rings. The molecule has 0 spiro atoms. The maximum atomic E-state index is 12.5. The number of hydrogen-bond acceptors (Lipinski definition) is 4. The molecule has 122 valence electrons. The summed E-state index contributed by atoms with van der Waals surface area (Å²) in [4.78, 5) is 11.7. The molecule has 3 N–H and O–H groups in total. The molecule has 0 radical (unpaired) electrons. The summed E-state index contributed by atoms with van der Waals surface area (Å²) >= 11 is 0. The number of piperidine rings is 1. The van der Waals surface area contributed by atoms with Gasteiger partial charge in [-0.15, -0.1) is 0 Å². The summed E-state index contributed by atoms with van der Waals surface area (Å²) in [6.07, 6.45) is 1.85. The van der Waals surface area contributed by atoms with Crippen molar-refractivity contribution in [3.63, 3.8) is 0 Å². The van der Waals surface area contributed by atoms with Gasteiger partial charge in [-0.2, -0.15) is 4.31 Å². The molecule has 1 fully saturated rings. The highest BCUT2D eigenvalue weighted by atomic mass is 32.2. The van der Waals surface area contributed by atoms with E-state index in [0.717, 1.165) is 12.8 Å². The number of nitrogens with zero attached hydrogens (tertiary/aromatic N) is 1. The van der Waals surface area contributed by atoms with Gasteiger partial charge in [-0.3, -0.25) is 4.79 Å². The van der Waals surface area contributed by atoms with Crippen LogP contribution in [0.25, 0.3) is 0 Å². The van der Waals surface area contributed by atoms with E-state index in [2.05, 4.69) is 5.32 Å². The van der Waals surface area contributed by atoms with Crippen molar-refractivity contribution in [2.75, 3.05) is 26.2 Å². The lowest BCUT2D eigenvalue weighted by Crippen LogP contribution is -2.41. The highest BCUT2D eigenvalue weighted by Gasteiger charge is 2.29. The molecular weight excluding hydrogens is 302 g/mol. The smallest absolute Gasteiger partial charge is 0.243 e. The predicted octanol–water partition coefficient (Wildman–Crippen LogP) is 0.552. The zero-order chi connectivity index (χ0) is 16.0. The molecule has 1 amide bonds. The summed E-state index contributed by atoms with van der Waals surface area (Å²) in [7, 11) is -3.40. The Bertz CT molecular complexity index is 581. The van der Waals surface area contributed by atoms with Crippen LogP contribution in [0, 0.1) is 5.92 Å². The number of carbonyl (C=O) groups is 1. The van der Waals surface area contributed by atoms with Gasteiger partial charge in [0.1, 0.15) is 0 Å². The molecule has 22 heavy (non-hydrogen) atoms. The van der Waals surface area contributed by atoms with Crippen LogP contribution >= 0.6 is 0 Å². The minimum atomic E-state index is -3.40. The monoisotopic (exact) mass is 325 g/mol. The minimum absolute atomic E-state index is 0.0400. The number of rotatable bonds is 6. The maximum absolute atomic E-state index is 12.5. The highest BCUT2D eigenvalue weighted by molar-refractivity contribution is 7.89. The second-order valence-corrected chi connectivity index (χ2v) is 7.44. The largest absolute Gasteiger partial charge is 0.356 e. The Morgan fingerprint density at radius 2 is 1.86 bits per heavy atom. The Labute approximate surface area is 131 Å². The molecule has 0 aromatic heterocycles. The van der Waals surface area contributed by atoms with Gasteiger partial charge in [-0.25, -0.2) is 8.42 Å². The summed E-state index contributed by atoms with van der Waals surface area (Å²) < 4.78 is 26.5. The third-order valence-corrected chi connectivity index (χ3v) is 5.83. The van der Waals surface area contributed by atoms with Crippen molar-refractivity contribution < 1.29 is 13.2 Å². The molecule has 0 saturated carbocycles. The maximum Gasteiger partial charge on any atom is 0.243 e. The predicted molar refractivity (Wildman–Crippen MR) is 84.6 cm³/mol. The molecule has 1 aromatic carbocycles. The summed E-state index contributed by atoms with van der Waals surface area (Å²) in [5, 5.41) is 2.85. The second-order valence-electron chi connectivity index (χ2n) is 5.50. The molecule has 6 nitrogen and oxygen atoms in total. The van der Waals surface area contributed by atoms with Gasteiger partial charge in [0.05, 0.1) is 4.90 Å². The number of nitrogens with one attached hydrogen (secondary N) is 1. The average molecular weight is 325 g/mol. The third kappa shape index (κ3) is 4.28. The van der Waals surface area contributed by atoms with Crippen LogP contribution in [0.5, 0.6) is 0 Å². The molecule has 0 atom stereocenters. The first kappa shape index (κ1) is 16.9. The summed E-state index contributed by atoms with van der Waals surface area (Å²) in [5.41, 5.74) is 5.33. The van der Waals surface area contributed by atoms with Crippen LogP contribution in [0.4, 0.5) is 0 Å². The third-order valence-electron chi connectivity index (χ3n) is 3.91. The van der Waals surface area contributed by atoms with Crippen molar-refractivity contribution in [3.8, 4) is 0 Å². The fraction of sp³-hybridized carbons (Fsp3) is 0.533. The fourth-order valence-corrected chi connectivity index (χ4v) is 4.06. The van der Waals surface area contributed by atoms with Gasteiger partial charge >= 0.3 is 0 Å². The summed E-state index contributed by atoms with van der Waals surface area (Å²) in [6, 6.07) is 8.50. The second kappa shape index (κ2) is 7.71. The molecule has 1 saturated heterocycles.